The summed E-state index contributed by atoms with van der Waals surface area (Å²) >= 11 is 0. The zero-order chi connectivity index (χ0) is 12.4. The highest BCUT2D eigenvalue weighted by Crippen LogP contribution is 2.12. The van der Waals surface area contributed by atoms with Gasteiger partial charge in [0, 0.05) is 32.0 Å². The third-order valence-corrected chi connectivity index (χ3v) is 3.18. The molecule has 0 bridgehead atoms. The molecular weight excluding hydrogens is 230 g/mol. The molecule has 0 atom stereocenters. The van der Waals surface area contributed by atoms with E-state index in [1.165, 1.54) is 0 Å². The van der Waals surface area contributed by atoms with Crippen molar-refractivity contribution in [2.24, 2.45) is 0 Å². The Bertz CT molecular complexity index is 556. The lowest BCUT2D eigenvalue weighted by atomic mass is 10.2. The highest BCUT2D eigenvalue weighted by Gasteiger charge is 2.20. The predicted octanol–water partition coefficient (Wildman–Crippen LogP) is 0.165. The van der Waals surface area contributed by atoms with E-state index >= 15 is 0 Å². The fourth-order valence-corrected chi connectivity index (χ4v) is 2.22. The second-order valence-corrected chi connectivity index (χ2v) is 4.36. The van der Waals surface area contributed by atoms with Crippen LogP contribution in [-0.4, -0.2) is 51.6 Å². The van der Waals surface area contributed by atoms with Crippen LogP contribution in [0.15, 0.2) is 24.8 Å². The highest BCUT2D eigenvalue weighted by atomic mass is 16.2. The molecule has 1 aliphatic heterocycles. The first-order valence-electron chi connectivity index (χ1n) is 6.13. The van der Waals surface area contributed by atoms with Crippen LogP contribution in [0.5, 0.6) is 0 Å². The van der Waals surface area contributed by atoms with Crippen LogP contribution in [0, 0.1) is 0 Å². The Morgan fingerprint density at radius 3 is 3.17 bits per heavy atom. The minimum Gasteiger partial charge on any atom is -0.337 e. The zero-order valence-electron chi connectivity index (χ0n) is 10.0. The summed E-state index contributed by atoms with van der Waals surface area (Å²) in [5.41, 5.74) is 1.39. The molecule has 1 aliphatic rings. The molecule has 0 aliphatic carbocycles. The molecule has 1 amide bonds. The van der Waals surface area contributed by atoms with Crippen molar-refractivity contribution in [3.8, 4) is 0 Å². The van der Waals surface area contributed by atoms with Gasteiger partial charge in [-0.1, -0.05) is 0 Å². The molecule has 1 saturated heterocycles. The van der Waals surface area contributed by atoms with Crippen molar-refractivity contribution in [2.75, 3.05) is 26.2 Å². The predicted molar refractivity (Wildman–Crippen MR) is 66.4 cm³/mol. The van der Waals surface area contributed by atoms with Crippen LogP contribution < -0.4 is 5.32 Å². The third-order valence-electron chi connectivity index (χ3n) is 3.18. The van der Waals surface area contributed by atoms with Crippen LogP contribution in [0.3, 0.4) is 0 Å². The molecule has 2 aromatic rings. The average molecular weight is 245 g/mol. The number of hydrogen-bond donors (Lipinski definition) is 1. The van der Waals surface area contributed by atoms with Crippen molar-refractivity contribution in [1.82, 2.24) is 24.8 Å². The molecule has 1 N–H and O–H groups in total. The van der Waals surface area contributed by atoms with Gasteiger partial charge in [0.05, 0.1) is 23.5 Å². The van der Waals surface area contributed by atoms with Crippen LogP contribution in [-0.2, 0) is 0 Å². The third kappa shape index (κ3) is 1.95. The van der Waals surface area contributed by atoms with Crippen molar-refractivity contribution in [3.05, 3.63) is 30.4 Å². The van der Waals surface area contributed by atoms with E-state index in [-0.39, 0.29) is 5.91 Å². The summed E-state index contributed by atoms with van der Waals surface area (Å²) in [7, 11) is 0. The number of aromatic nitrogens is 3. The highest BCUT2D eigenvalue weighted by molar-refractivity contribution is 6.00. The van der Waals surface area contributed by atoms with E-state index in [9.17, 15) is 4.79 Å². The number of nitrogens with one attached hydrogen (secondary N) is 1. The first-order valence-corrected chi connectivity index (χ1v) is 6.13. The molecule has 2 aromatic heterocycles. The van der Waals surface area contributed by atoms with E-state index < -0.39 is 0 Å². The van der Waals surface area contributed by atoms with Crippen molar-refractivity contribution >= 4 is 11.4 Å². The molecule has 6 heteroatoms. The Morgan fingerprint density at radius 1 is 1.28 bits per heavy atom. The summed E-state index contributed by atoms with van der Waals surface area (Å²) < 4.78 is 1.68. The van der Waals surface area contributed by atoms with Gasteiger partial charge in [-0.25, -0.2) is 4.52 Å². The Hall–Kier alpha value is -1.95. The van der Waals surface area contributed by atoms with Gasteiger partial charge < -0.3 is 10.2 Å². The number of carbonyl (C=O) groups excluding carboxylic acids is 1. The minimum absolute atomic E-state index is 0.0432. The van der Waals surface area contributed by atoms with Gasteiger partial charge in [-0.3, -0.25) is 9.78 Å². The Balaban J connectivity index is 1.91. The summed E-state index contributed by atoms with van der Waals surface area (Å²) in [4.78, 5) is 18.4. The quantitative estimate of drug-likeness (QED) is 0.777. The molecule has 18 heavy (non-hydrogen) atoms. The zero-order valence-corrected chi connectivity index (χ0v) is 10.0. The van der Waals surface area contributed by atoms with Gasteiger partial charge in [-0.2, -0.15) is 5.10 Å². The fourth-order valence-electron chi connectivity index (χ4n) is 2.22. The maximum atomic E-state index is 12.4. The number of rotatable bonds is 1. The summed E-state index contributed by atoms with van der Waals surface area (Å²) in [6.07, 6.45) is 7.69. The molecule has 0 aromatic carbocycles. The molecule has 1 fully saturated rings. The lowest BCUT2D eigenvalue weighted by Crippen LogP contribution is -2.34. The maximum Gasteiger partial charge on any atom is 0.257 e. The number of hydrogen-bond acceptors (Lipinski definition) is 4. The van der Waals surface area contributed by atoms with E-state index in [2.05, 4.69) is 15.4 Å². The fraction of sp³-hybridized carbons (Fsp3) is 0.417. The van der Waals surface area contributed by atoms with Crippen LogP contribution in [0.2, 0.25) is 0 Å². The SMILES string of the molecule is O=C(c1cnn2ccncc12)N1CCCNCC1. The largest absolute Gasteiger partial charge is 0.337 e. The second kappa shape index (κ2) is 4.73. The summed E-state index contributed by atoms with van der Waals surface area (Å²) in [5.74, 6) is 0.0432. The molecule has 94 valence electrons. The average Bonchev–Trinajstić information content (AvgIpc) is 2.65. The Labute approximate surface area is 105 Å². The van der Waals surface area contributed by atoms with Crippen molar-refractivity contribution < 1.29 is 4.79 Å². The Morgan fingerprint density at radius 2 is 2.22 bits per heavy atom. The van der Waals surface area contributed by atoms with Crippen LogP contribution in [0.1, 0.15) is 16.8 Å². The van der Waals surface area contributed by atoms with E-state index in [1.54, 1.807) is 29.3 Å². The minimum atomic E-state index is 0.0432. The van der Waals surface area contributed by atoms with Gasteiger partial charge in [-0.05, 0) is 13.0 Å². The molecule has 0 radical (unpaired) electrons. The van der Waals surface area contributed by atoms with Crippen LogP contribution >= 0.6 is 0 Å². The van der Waals surface area contributed by atoms with Gasteiger partial charge in [0.25, 0.3) is 5.91 Å². The molecular formula is C12H15N5O. The maximum absolute atomic E-state index is 12.4. The standard InChI is InChI=1S/C12H15N5O/c18-12(16-5-1-2-13-3-6-16)10-8-15-17-7-4-14-9-11(10)17/h4,7-9,13H,1-3,5-6H2. The summed E-state index contributed by atoms with van der Waals surface area (Å²) in [6, 6.07) is 0. The van der Waals surface area contributed by atoms with Gasteiger partial charge in [0.1, 0.15) is 0 Å². The molecule has 3 heterocycles. The topological polar surface area (TPSA) is 62.5 Å². The molecule has 6 nitrogen and oxygen atoms in total. The van der Waals surface area contributed by atoms with Crippen molar-refractivity contribution in [3.63, 3.8) is 0 Å². The summed E-state index contributed by atoms with van der Waals surface area (Å²) in [6.45, 7) is 3.36. The smallest absolute Gasteiger partial charge is 0.257 e. The van der Waals surface area contributed by atoms with E-state index in [0.717, 1.165) is 38.1 Å². The van der Waals surface area contributed by atoms with Gasteiger partial charge >= 0.3 is 0 Å². The van der Waals surface area contributed by atoms with Gasteiger partial charge in [-0.15, -0.1) is 0 Å². The number of fused-ring (bicyclic) bond motifs is 1. The lowest BCUT2D eigenvalue weighted by molar-refractivity contribution is 0.0768. The normalized spacial score (nSPS) is 16.8. The summed E-state index contributed by atoms with van der Waals surface area (Å²) in [5, 5.41) is 7.46. The Kier molecular flexibility index (Phi) is 2.93. The van der Waals surface area contributed by atoms with Crippen molar-refractivity contribution in [2.45, 2.75) is 6.42 Å². The molecule has 3 rings (SSSR count). The first-order chi connectivity index (χ1) is 8.86. The van der Waals surface area contributed by atoms with E-state index in [4.69, 9.17) is 0 Å². The van der Waals surface area contributed by atoms with E-state index in [0.29, 0.717) is 5.56 Å². The molecule has 0 spiro atoms. The number of carbonyl (C=O) groups is 1. The first kappa shape index (κ1) is 11.2. The van der Waals surface area contributed by atoms with Gasteiger partial charge in [0.15, 0.2) is 0 Å². The lowest BCUT2D eigenvalue weighted by Gasteiger charge is -2.19. The van der Waals surface area contributed by atoms with E-state index in [1.807, 2.05) is 4.90 Å². The van der Waals surface area contributed by atoms with Crippen molar-refractivity contribution in [1.29, 1.82) is 0 Å². The number of amides is 1. The van der Waals surface area contributed by atoms with Gasteiger partial charge in [0.2, 0.25) is 0 Å². The van der Waals surface area contributed by atoms with Crippen LogP contribution in [0.4, 0.5) is 0 Å². The number of nitrogens with zero attached hydrogens (tertiary/aromatic N) is 4. The molecule has 0 unspecified atom stereocenters. The van der Waals surface area contributed by atoms with Crippen LogP contribution in [0.25, 0.3) is 5.52 Å². The monoisotopic (exact) mass is 245 g/mol. The molecule has 0 saturated carbocycles. The second-order valence-electron chi connectivity index (χ2n) is 4.36.